The van der Waals surface area contributed by atoms with E-state index < -0.39 is 0 Å². The molecule has 0 heterocycles. The number of halogens is 2. The first kappa shape index (κ1) is 17.8. The highest BCUT2D eigenvalue weighted by Crippen LogP contribution is 2.26. The van der Waals surface area contributed by atoms with E-state index in [9.17, 15) is 0 Å². The monoisotopic (exact) mass is 315 g/mol. The van der Waals surface area contributed by atoms with Gasteiger partial charge >= 0.3 is 0 Å². The van der Waals surface area contributed by atoms with Crippen molar-refractivity contribution in [2.45, 2.75) is 40.0 Å². The normalized spacial score (nSPS) is 13.5. The van der Waals surface area contributed by atoms with E-state index in [-0.39, 0.29) is 5.38 Å². The molecule has 114 valence electrons. The minimum absolute atomic E-state index is 0.0171. The van der Waals surface area contributed by atoms with E-state index in [0.29, 0.717) is 11.8 Å². The van der Waals surface area contributed by atoms with Gasteiger partial charge in [-0.25, -0.2) is 0 Å². The van der Waals surface area contributed by atoms with Crippen molar-refractivity contribution in [2.24, 2.45) is 11.8 Å². The van der Waals surface area contributed by atoms with Crippen LogP contribution in [-0.2, 0) is 0 Å². The Morgan fingerprint density at radius 1 is 1.00 bits per heavy atom. The maximum Gasteiger partial charge on any atom is 0.0712 e. The number of aryl methyl sites for hydroxylation is 1. The van der Waals surface area contributed by atoms with Crippen LogP contribution in [0.4, 0.5) is 0 Å². The van der Waals surface area contributed by atoms with Gasteiger partial charge < -0.3 is 4.90 Å². The molecule has 3 heteroatoms. The zero-order valence-corrected chi connectivity index (χ0v) is 14.8. The van der Waals surface area contributed by atoms with Crippen LogP contribution in [0.25, 0.3) is 0 Å². The van der Waals surface area contributed by atoms with Crippen LogP contribution in [0.3, 0.4) is 0 Å². The Kier molecular flexibility index (Phi) is 7.36. The summed E-state index contributed by atoms with van der Waals surface area (Å²) < 4.78 is 0. The molecular formula is C17H27Cl2N. The molecule has 1 aromatic carbocycles. The van der Waals surface area contributed by atoms with Gasteiger partial charge in [0.25, 0.3) is 0 Å². The molecule has 1 atom stereocenters. The van der Waals surface area contributed by atoms with Crippen LogP contribution in [0.2, 0.25) is 5.02 Å². The molecule has 0 aliphatic carbocycles. The number of alkyl halides is 1. The van der Waals surface area contributed by atoms with E-state index in [1.807, 2.05) is 19.1 Å². The molecule has 0 aliphatic heterocycles. The van der Waals surface area contributed by atoms with Crippen molar-refractivity contribution in [3.05, 3.63) is 34.3 Å². The molecular weight excluding hydrogens is 289 g/mol. The highest BCUT2D eigenvalue weighted by atomic mass is 35.5. The maximum atomic E-state index is 6.61. The Labute approximate surface area is 134 Å². The molecule has 1 aromatic rings. The number of benzene rings is 1. The molecule has 0 aliphatic rings. The fourth-order valence-electron chi connectivity index (χ4n) is 2.45. The summed E-state index contributed by atoms with van der Waals surface area (Å²) in [4.78, 5) is 2.47. The third-order valence-electron chi connectivity index (χ3n) is 3.21. The zero-order valence-electron chi connectivity index (χ0n) is 13.3. The largest absolute Gasteiger partial charge is 0.301 e. The third kappa shape index (κ3) is 6.03. The van der Waals surface area contributed by atoms with E-state index in [0.717, 1.165) is 35.8 Å². The van der Waals surface area contributed by atoms with Gasteiger partial charge in [-0.15, -0.1) is 11.6 Å². The van der Waals surface area contributed by atoms with Gasteiger partial charge in [-0.1, -0.05) is 51.4 Å². The summed E-state index contributed by atoms with van der Waals surface area (Å²) in [5.74, 6) is 1.31. The minimum atomic E-state index is 0.0171. The van der Waals surface area contributed by atoms with Gasteiger partial charge in [0.1, 0.15) is 0 Å². The molecule has 20 heavy (non-hydrogen) atoms. The Hall–Kier alpha value is -0.240. The lowest BCUT2D eigenvalue weighted by molar-refractivity contribution is 0.219. The summed E-state index contributed by atoms with van der Waals surface area (Å²) in [6.07, 6.45) is 0. The topological polar surface area (TPSA) is 3.24 Å². The first-order valence-electron chi connectivity index (χ1n) is 7.42. The highest BCUT2D eigenvalue weighted by Gasteiger charge is 2.16. The lowest BCUT2D eigenvalue weighted by Crippen LogP contribution is -2.34. The van der Waals surface area contributed by atoms with Gasteiger partial charge in [-0.3, -0.25) is 0 Å². The summed E-state index contributed by atoms with van der Waals surface area (Å²) >= 11 is 12.7. The van der Waals surface area contributed by atoms with Gasteiger partial charge in [-0.2, -0.15) is 0 Å². The summed E-state index contributed by atoms with van der Waals surface area (Å²) in [6, 6.07) is 6.08. The van der Waals surface area contributed by atoms with Crippen molar-refractivity contribution in [1.82, 2.24) is 4.90 Å². The van der Waals surface area contributed by atoms with Crippen molar-refractivity contribution in [1.29, 1.82) is 0 Å². The predicted molar refractivity (Wildman–Crippen MR) is 90.9 cm³/mol. The quantitative estimate of drug-likeness (QED) is 0.597. The van der Waals surface area contributed by atoms with Crippen LogP contribution in [0.15, 0.2) is 18.2 Å². The molecule has 0 aromatic heterocycles. The zero-order chi connectivity index (χ0) is 15.3. The second kappa shape index (κ2) is 8.26. The van der Waals surface area contributed by atoms with Gasteiger partial charge in [0.15, 0.2) is 0 Å². The second-order valence-corrected chi connectivity index (χ2v) is 7.42. The van der Waals surface area contributed by atoms with Crippen LogP contribution < -0.4 is 0 Å². The number of rotatable bonds is 7. The molecule has 0 bridgehead atoms. The summed E-state index contributed by atoms with van der Waals surface area (Å²) in [7, 11) is 0. The van der Waals surface area contributed by atoms with Crippen molar-refractivity contribution < 1.29 is 0 Å². The second-order valence-electron chi connectivity index (χ2n) is 6.48. The highest BCUT2D eigenvalue weighted by molar-refractivity contribution is 6.31. The minimum Gasteiger partial charge on any atom is -0.301 e. The van der Waals surface area contributed by atoms with Crippen LogP contribution in [-0.4, -0.2) is 24.5 Å². The summed E-state index contributed by atoms with van der Waals surface area (Å²) in [5, 5.41) is 0.822. The lowest BCUT2D eigenvalue weighted by Gasteiger charge is -2.28. The van der Waals surface area contributed by atoms with E-state index >= 15 is 0 Å². The molecule has 1 rings (SSSR count). The number of hydrogen-bond donors (Lipinski definition) is 0. The van der Waals surface area contributed by atoms with Gasteiger partial charge in [0.05, 0.1) is 5.38 Å². The van der Waals surface area contributed by atoms with Crippen molar-refractivity contribution >= 4 is 23.2 Å². The van der Waals surface area contributed by atoms with E-state index in [2.05, 4.69) is 38.7 Å². The van der Waals surface area contributed by atoms with Crippen LogP contribution in [0.5, 0.6) is 0 Å². The number of hydrogen-bond acceptors (Lipinski definition) is 1. The van der Waals surface area contributed by atoms with E-state index in [4.69, 9.17) is 23.2 Å². The molecule has 0 spiro atoms. The Morgan fingerprint density at radius 3 is 2.00 bits per heavy atom. The fourth-order valence-corrected chi connectivity index (χ4v) is 2.90. The molecule has 0 saturated carbocycles. The van der Waals surface area contributed by atoms with Gasteiger partial charge in [-0.05, 0) is 36.0 Å². The molecule has 1 nitrogen and oxygen atoms in total. The molecule has 0 saturated heterocycles. The fraction of sp³-hybridized carbons (Fsp3) is 0.647. The van der Waals surface area contributed by atoms with E-state index in [1.165, 1.54) is 0 Å². The van der Waals surface area contributed by atoms with Crippen molar-refractivity contribution in [2.75, 3.05) is 19.6 Å². The number of nitrogens with zero attached hydrogens (tertiary/aromatic N) is 1. The third-order valence-corrected chi connectivity index (χ3v) is 4.02. The first-order valence-corrected chi connectivity index (χ1v) is 8.23. The molecule has 1 unspecified atom stereocenters. The summed E-state index contributed by atoms with van der Waals surface area (Å²) in [6.45, 7) is 14.1. The van der Waals surface area contributed by atoms with Crippen LogP contribution in [0.1, 0.15) is 44.2 Å². The molecule has 0 amide bonds. The SMILES string of the molecule is Cc1cc(C(Cl)CN(CC(C)C)CC(C)C)ccc1Cl. The smallest absolute Gasteiger partial charge is 0.0712 e. The van der Waals surface area contributed by atoms with Crippen molar-refractivity contribution in [3.63, 3.8) is 0 Å². The van der Waals surface area contributed by atoms with Gasteiger partial charge in [0, 0.05) is 24.7 Å². The molecule has 0 radical (unpaired) electrons. The maximum absolute atomic E-state index is 6.61. The average Bonchev–Trinajstić information content (AvgIpc) is 2.30. The molecule has 0 fully saturated rings. The first-order chi connectivity index (χ1) is 9.29. The molecule has 0 N–H and O–H groups in total. The Balaban J connectivity index is 2.73. The van der Waals surface area contributed by atoms with Gasteiger partial charge in [0.2, 0.25) is 0 Å². The average molecular weight is 316 g/mol. The van der Waals surface area contributed by atoms with E-state index in [1.54, 1.807) is 0 Å². The Morgan fingerprint density at radius 2 is 1.55 bits per heavy atom. The van der Waals surface area contributed by atoms with Crippen molar-refractivity contribution in [3.8, 4) is 0 Å². The Bertz CT molecular complexity index is 405. The lowest BCUT2D eigenvalue weighted by atomic mass is 10.1. The van der Waals surface area contributed by atoms with Crippen LogP contribution >= 0.6 is 23.2 Å². The van der Waals surface area contributed by atoms with Crippen LogP contribution in [0, 0.1) is 18.8 Å². The summed E-state index contributed by atoms with van der Waals surface area (Å²) in [5.41, 5.74) is 2.25. The standard InChI is InChI=1S/C17H27Cl2N/c1-12(2)9-20(10-13(3)4)11-17(19)15-6-7-16(18)14(5)8-15/h6-8,12-13,17H,9-11H2,1-5H3. The predicted octanol–water partition coefficient (Wildman–Crippen LogP) is 5.54.